The molecule has 1 amide bonds. The monoisotopic (exact) mass is 397 g/mol. The van der Waals surface area contributed by atoms with E-state index in [1.807, 2.05) is 18.2 Å². The molecule has 7 heteroatoms. The normalized spacial score (nSPS) is 11.6. The second kappa shape index (κ2) is 9.70. The molecule has 0 saturated carbocycles. The van der Waals surface area contributed by atoms with Crippen molar-refractivity contribution in [3.8, 4) is 0 Å². The molecule has 1 N–H and O–H groups in total. The highest BCUT2D eigenvalue weighted by molar-refractivity contribution is 8.00. The lowest BCUT2D eigenvalue weighted by Crippen LogP contribution is -2.17. The molecule has 0 saturated heterocycles. The number of esters is 1. The second-order valence-corrected chi connectivity index (χ2v) is 7.03. The van der Waals surface area contributed by atoms with E-state index in [-0.39, 0.29) is 17.4 Å². The van der Waals surface area contributed by atoms with Crippen LogP contribution in [0.1, 0.15) is 18.6 Å². The molecule has 25 heavy (non-hydrogen) atoms. The standard InChI is InChI=1S/C18H17Cl2NO3S/c1-12(15-4-2-3-5-16(15)20)24-18(23)11-25-10-17(22)21-14-8-6-13(19)7-9-14/h2-9,12H,10-11H2,1H3,(H,21,22)/t12-/m1/s1. The third kappa shape index (κ3) is 6.61. The summed E-state index contributed by atoms with van der Waals surface area (Å²) in [6.45, 7) is 1.76. The first-order valence-electron chi connectivity index (χ1n) is 7.53. The van der Waals surface area contributed by atoms with Crippen molar-refractivity contribution in [3.63, 3.8) is 0 Å². The van der Waals surface area contributed by atoms with Crippen molar-refractivity contribution in [1.82, 2.24) is 0 Å². The number of amides is 1. The Balaban J connectivity index is 1.72. The van der Waals surface area contributed by atoms with Gasteiger partial charge in [-0.2, -0.15) is 0 Å². The summed E-state index contributed by atoms with van der Waals surface area (Å²) in [5.74, 6) is -0.350. The maximum Gasteiger partial charge on any atom is 0.316 e. The Kier molecular flexibility index (Phi) is 7.62. The fraction of sp³-hybridized carbons (Fsp3) is 0.222. The van der Waals surface area contributed by atoms with Gasteiger partial charge in [-0.05, 0) is 37.3 Å². The van der Waals surface area contributed by atoms with Gasteiger partial charge in [0.25, 0.3) is 0 Å². The molecule has 4 nitrogen and oxygen atoms in total. The fourth-order valence-corrected chi connectivity index (χ4v) is 3.07. The summed E-state index contributed by atoms with van der Waals surface area (Å²) in [5, 5.41) is 3.88. The number of thioether (sulfide) groups is 1. The number of hydrogen-bond acceptors (Lipinski definition) is 4. The molecule has 0 spiro atoms. The van der Waals surface area contributed by atoms with Crippen LogP contribution in [0, 0.1) is 0 Å². The first kappa shape index (κ1) is 19.6. The van der Waals surface area contributed by atoms with Gasteiger partial charge in [-0.3, -0.25) is 9.59 Å². The van der Waals surface area contributed by atoms with Gasteiger partial charge < -0.3 is 10.1 Å². The van der Waals surface area contributed by atoms with E-state index >= 15 is 0 Å². The maximum atomic E-state index is 11.9. The van der Waals surface area contributed by atoms with Gasteiger partial charge in [0.05, 0.1) is 11.5 Å². The Morgan fingerprint density at radius 3 is 2.44 bits per heavy atom. The second-order valence-electron chi connectivity index (χ2n) is 5.20. The SMILES string of the molecule is C[C@@H](OC(=O)CSCC(=O)Nc1ccc(Cl)cc1)c1ccccc1Cl. The van der Waals surface area contributed by atoms with Crippen LogP contribution in [0.25, 0.3) is 0 Å². The van der Waals surface area contributed by atoms with Crippen molar-refractivity contribution in [2.75, 3.05) is 16.8 Å². The summed E-state index contributed by atoms with van der Waals surface area (Å²) in [5.41, 5.74) is 1.41. The zero-order chi connectivity index (χ0) is 18.2. The maximum absolute atomic E-state index is 11.9. The van der Waals surface area contributed by atoms with Crippen LogP contribution in [0.5, 0.6) is 0 Å². The molecular weight excluding hydrogens is 381 g/mol. The topological polar surface area (TPSA) is 55.4 Å². The third-order valence-electron chi connectivity index (χ3n) is 3.23. The molecule has 132 valence electrons. The van der Waals surface area contributed by atoms with E-state index < -0.39 is 12.1 Å². The molecule has 2 aromatic rings. The summed E-state index contributed by atoms with van der Waals surface area (Å²) in [7, 11) is 0. The Labute approximate surface area is 160 Å². The first-order valence-corrected chi connectivity index (χ1v) is 9.44. The van der Waals surface area contributed by atoms with Crippen molar-refractivity contribution < 1.29 is 14.3 Å². The van der Waals surface area contributed by atoms with Gasteiger partial charge in [0.15, 0.2) is 0 Å². The van der Waals surface area contributed by atoms with Crippen LogP contribution in [-0.4, -0.2) is 23.4 Å². The molecule has 0 bridgehead atoms. The van der Waals surface area contributed by atoms with Crippen molar-refractivity contribution in [2.45, 2.75) is 13.0 Å². The van der Waals surface area contributed by atoms with Gasteiger partial charge in [0, 0.05) is 21.3 Å². The number of benzene rings is 2. The predicted molar refractivity (Wildman–Crippen MR) is 103 cm³/mol. The molecule has 0 aromatic heterocycles. The molecule has 2 aromatic carbocycles. The summed E-state index contributed by atoms with van der Waals surface area (Å²) >= 11 is 13.1. The molecule has 0 aliphatic rings. The number of ether oxygens (including phenoxy) is 1. The summed E-state index contributed by atoms with van der Waals surface area (Å²) in [6.07, 6.45) is -0.440. The van der Waals surface area contributed by atoms with E-state index in [2.05, 4.69) is 5.32 Å². The lowest BCUT2D eigenvalue weighted by molar-refractivity contribution is -0.145. The average molecular weight is 398 g/mol. The number of rotatable bonds is 7. The Morgan fingerprint density at radius 2 is 1.76 bits per heavy atom. The number of nitrogens with one attached hydrogen (secondary N) is 1. The predicted octanol–water partition coefficient (Wildman–Crippen LogP) is 4.97. The van der Waals surface area contributed by atoms with E-state index in [1.165, 1.54) is 11.8 Å². The van der Waals surface area contributed by atoms with E-state index in [9.17, 15) is 9.59 Å². The van der Waals surface area contributed by atoms with Gasteiger partial charge in [0.2, 0.25) is 5.91 Å². The highest BCUT2D eigenvalue weighted by Crippen LogP contribution is 2.25. The third-order valence-corrected chi connectivity index (χ3v) is 4.73. The van der Waals surface area contributed by atoms with E-state index in [0.29, 0.717) is 15.7 Å². The van der Waals surface area contributed by atoms with E-state index in [0.717, 1.165) is 5.56 Å². The zero-order valence-electron chi connectivity index (χ0n) is 13.5. The fourth-order valence-electron chi connectivity index (χ4n) is 2.06. The summed E-state index contributed by atoms with van der Waals surface area (Å²) in [4.78, 5) is 23.7. The van der Waals surface area contributed by atoms with Gasteiger partial charge in [-0.15, -0.1) is 11.8 Å². The molecule has 0 radical (unpaired) electrons. The summed E-state index contributed by atoms with van der Waals surface area (Å²) < 4.78 is 5.34. The van der Waals surface area contributed by atoms with Crippen LogP contribution in [0.15, 0.2) is 48.5 Å². The average Bonchev–Trinajstić information content (AvgIpc) is 2.57. The number of anilines is 1. The molecule has 0 aliphatic heterocycles. The van der Waals surface area contributed by atoms with Crippen LogP contribution in [0.2, 0.25) is 10.0 Å². The minimum Gasteiger partial charge on any atom is -0.457 e. The minimum absolute atomic E-state index is 0.0861. The lowest BCUT2D eigenvalue weighted by atomic mass is 10.1. The van der Waals surface area contributed by atoms with Gasteiger partial charge in [-0.25, -0.2) is 0 Å². The van der Waals surface area contributed by atoms with Crippen molar-refractivity contribution in [2.24, 2.45) is 0 Å². The highest BCUT2D eigenvalue weighted by atomic mass is 35.5. The van der Waals surface area contributed by atoms with Crippen LogP contribution < -0.4 is 5.32 Å². The summed E-state index contributed by atoms with van der Waals surface area (Å²) in [6, 6.07) is 14.0. The number of hydrogen-bond donors (Lipinski definition) is 1. The van der Waals surface area contributed by atoms with Crippen LogP contribution in [0.3, 0.4) is 0 Å². The molecule has 0 heterocycles. The van der Waals surface area contributed by atoms with Crippen molar-refractivity contribution >= 4 is 52.5 Å². The van der Waals surface area contributed by atoms with E-state index in [1.54, 1.807) is 37.3 Å². The van der Waals surface area contributed by atoms with E-state index in [4.69, 9.17) is 27.9 Å². The minimum atomic E-state index is -0.440. The van der Waals surface area contributed by atoms with Crippen LogP contribution >= 0.6 is 35.0 Å². The Morgan fingerprint density at radius 1 is 1.08 bits per heavy atom. The lowest BCUT2D eigenvalue weighted by Gasteiger charge is -2.14. The van der Waals surface area contributed by atoms with Crippen molar-refractivity contribution in [3.05, 3.63) is 64.1 Å². The Bertz CT molecular complexity index is 737. The van der Waals surface area contributed by atoms with Gasteiger partial charge in [0.1, 0.15) is 6.10 Å². The van der Waals surface area contributed by atoms with Crippen molar-refractivity contribution in [1.29, 1.82) is 0 Å². The molecule has 1 atom stereocenters. The molecule has 0 fully saturated rings. The van der Waals surface area contributed by atoms with Gasteiger partial charge in [-0.1, -0.05) is 41.4 Å². The number of halogens is 2. The molecule has 0 aliphatic carbocycles. The zero-order valence-corrected chi connectivity index (χ0v) is 15.8. The van der Waals surface area contributed by atoms with Crippen LogP contribution in [0.4, 0.5) is 5.69 Å². The highest BCUT2D eigenvalue weighted by Gasteiger charge is 2.14. The number of carbonyl (C=O) groups is 2. The first-order chi connectivity index (χ1) is 12.0. The quantitative estimate of drug-likeness (QED) is 0.669. The Hall–Kier alpha value is -1.69. The smallest absolute Gasteiger partial charge is 0.316 e. The largest absolute Gasteiger partial charge is 0.457 e. The molecule has 2 rings (SSSR count). The van der Waals surface area contributed by atoms with Crippen LogP contribution in [-0.2, 0) is 14.3 Å². The molecule has 0 unspecified atom stereocenters. The molecular formula is C18H17Cl2NO3S. The number of carbonyl (C=O) groups excluding carboxylic acids is 2. The van der Waals surface area contributed by atoms with Gasteiger partial charge >= 0.3 is 5.97 Å².